The monoisotopic (exact) mass is 554 g/mol. The van der Waals surface area contributed by atoms with E-state index in [2.05, 4.69) is 10.6 Å². The van der Waals surface area contributed by atoms with E-state index in [0.717, 1.165) is 5.56 Å². The van der Waals surface area contributed by atoms with Crippen LogP contribution in [0, 0.1) is 5.92 Å². The highest BCUT2D eigenvalue weighted by molar-refractivity contribution is 7.99. The van der Waals surface area contributed by atoms with Gasteiger partial charge in [-0.25, -0.2) is 14.4 Å². The third-order valence-corrected chi connectivity index (χ3v) is 6.45. The fourth-order valence-corrected chi connectivity index (χ4v) is 4.55. The molecule has 2 amide bonds. The molecule has 1 aromatic rings. The molecule has 0 radical (unpaired) electrons. The molecule has 0 aromatic heterocycles. The van der Waals surface area contributed by atoms with Crippen molar-refractivity contribution in [1.29, 1.82) is 0 Å². The number of hydrogen-bond donors (Lipinski definition) is 2. The van der Waals surface area contributed by atoms with Gasteiger partial charge in [-0.1, -0.05) is 26.0 Å². The Labute approximate surface area is 229 Å². The molecule has 1 aromatic carbocycles. The van der Waals surface area contributed by atoms with Gasteiger partial charge >= 0.3 is 18.0 Å². The van der Waals surface area contributed by atoms with Crippen LogP contribution in [0.2, 0.25) is 0 Å². The first-order valence-corrected chi connectivity index (χ1v) is 13.6. The van der Waals surface area contributed by atoms with E-state index in [-0.39, 0.29) is 24.0 Å². The van der Waals surface area contributed by atoms with E-state index in [1.54, 1.807) is 40.0 Å². The Morgan fingerprint density at radius 3 is 1.97 bits per heavy atom. The van der Waals surface area contributed by atoms with Crippen LogP contribution >= 0.6 is 11.8 Å². The van der Waals surface area contributed by atoms with Crippen molar-refractivity contribution in [3.05, 3.63) is 29.8 Å². The Hall–Kier alpha value is -2.95. The van der Waals surface area contributed by atoms with Crippen molar-refractivity contribution in [3.63, 3.8) is 0 Å². The molecule has 0 aliphatic rings. The highest BCUT2D eigenvalue weighted by Crippen LogP contribution is 2.26. The van der Waals surface area contributed by atoms with Crippen molar-refractivity contribution in [2.24, 2.45) is 5.92 Å². The van der Waals surface area contributed by atoms with Gasteiger partial charge in [-0.05, 0) is 63.0 Å². The van der Waals surface area contributed by atoms with E-state index >= 15 is 0 Å². The number of alkyl carbamates (subject to hydrolysis) is 1. The summed E-state index contributed by atoms with van der Waals surface area (Å²) in [6, 6.07) is 5.48. The minimum atomic E-state index is -0.918. The summed E-state index contributed by atoms with van der Waals surface area (Å²) in [4.78, 5) is 50.0. The molecule has 0 spiro atoms. The maximum Gasteiger partial charge on any atom is 0.408 e. The molecule has 3 atom stereocenters. The molecular weight excluding hydrogens is 512 g/mol. The average molecular weight is 555 g/mol. The van der Waals surface area contributed by atoms with Gasteiger partial charge in [-0.2, -0.15) is 11.8 Å². The number of carbonyl (C=O) groups is 4. The minimum Gasteiger partial charge on any atom is -0.497 e. The standard InChI is InChI=1S/C27H42N2O8S/c1-17(2)15-20(18-9-11-19(34-6)12-10-18)23(30)28-22(25(32)36-8)16-38-14-13-21(24(31)35-7)29-26(33)37-27(3,4)5/h9-12,17,20-22H,13-16H2,1-8H3,(H,28,30)(H,29,33)/t20-,21+,22+/m1/s1. The van der Waals surface area contributed by atoms with Gasteiger partial charge in [0.1, 0.15) is 23.4 Å². The average Bonchev–Trinajstić information content (AvgIpc) is 2.86. The van der Waals surface area contributed by atoms with Gasteiger partial charge < -0.3 is 29.6 Å². The summed E-state index contributed by atoms with van der Waals surface area (Å²) in [5, 5.41) is 5.35. The first-order valence-electron chi connectivity index (χ1n) is 12.5. The zero-order chi connectivity index (χ0) is 28.9. The maximum absolute atomic E-state index is 13.3. The third-order valence-electron chi connectivity index (χ3n) is 5.36. The number of rotatable bonds is 14. The quantitative estimate of drug-likeness (QED) is 0.201. The van der Waals surface area contributed by atoms with E-state index in [1.807, 2.05) is 26.0 Å². The molecule has 214 valence electrons. The van der Waals surface area contributed by atoms with E-state index in [4.69, 9.17) is 18.9 Å². The molecule has 0 bridgehead atoms. The molecule has 0 fully saturated rings. The van der Waals surface area contributed by atoms with Crippen LogP contribution in [0.3, 0.4) is 0 Å². The number of thioether (sulfide) groups is 1. The zero-order valence-electron chi connectivity index (χ0n) is 23.6. The Balaban J connectivity index is 2.84. The van der Waals surface area contributed by atoms with Crippen molar-refractivity contribution < 1.29 is 38.1 Å². The number of esters is 2. The molecule has 0 aliphatic carbocycles. The SMILES string of the molecule is COC(=O)[C@H](CCSC[C@H](NC(=O)[C@H](CC(C)C)c1ccc(OC)cc1)C(=O)OC)NC(=O)OC(C)(C)C. The van der Waals surface area contributed by atoms with Crippen LogP contribution in [0.4, 0.5) is 4.79 Å². The molecule has 1 rings (SSSR count). The molecule has 0 saturated heterocycles. The summed E-state index contributed by atoms with van der Waals surface area (Å²) in [6.45, 7) is 9.21. The van der Waals surface area contributed by atoms with Gasteiger partial charge in [0.2, 0.25) is 5.91 Å². The first kappa shape index (κ1) is 33.1. The van der Waals surface area contributed by atoms with Crippen molar-refractivity contribution in [1.82, 2.24) is 10.6 Å². The highest BCUT2D eigenvalue weighted by Gasteiger charge is 2.29. The molecule has 0 saturated carbocycles. The molecular formula is C27H42N2O8S. The van der Waals surface area contributed by atoms with Gasteiger partial charge in [-0.15, -0.1) is 0 Å². The Bertz CT molecular complexity index is 915. The number of amides is 2. The number of benzene rings is 1. The van der Waals surface area contributed by atoms with E-state index in [0.29, 0.717) is 17.9 Å². The second kappa shape index (κ2) is 16.1. The van der Waals surface area contributed by atoms with Gasteiger partial charge in [0.25, 0.3) is 0 Å². The second-order valence-electron chi connectivity index (χ2n) is 10.1. The lowest BCUT2D eigenvalue weighted by Crippen LogP contribution is -2.46. The number of ether oxygens (including phenoxy) is 4. The van der Waals surface area contributed by atoms with Crippen LogP contribution in [0.1, 0.15) is 58.9 Å². The summed E-state index contributed by atoms with van der Waals surface area (Å²) in [7, 11) is 4.07. The number of methoxy groups -OCH3 is 3. The molecule has 38 heavy (non-hydrogen) atoms. The first-order chi connectivity index (χ1) is 17.8. The fourth-order valence-electron chi connectivity index (χ4n) is 3.53. The second-order valence-corrected chi connectivity index (χ2v) is 11.3. The Morgan fingerprint density at radius 1 is 0.895 bits per heavy atom. The summed E-state index contributed by atoms with van der Waals surface area (Å²) in [5.41, 5.74) is 0.104. The Morgan fingerprint density at radius 2 is 1.47 bits per heavy atom. The molecule has 0 unspecified atom stereocenters. The van der Waals surface area contributed by atoms with Crippen molar-refractivity contribution >= 4 is 35.7 Å². The van der Waals surface area contributed by atoms with Gasteiger partial charge in [0.15, 0.2) is 0 Å². The van der Waals surface area contributed by atoms with Crippen molar-refractivity contribution in [2.75, 3.05) is 32.8 Å². The van der Waals surface area contributed by atoms with Crippen LogP contribution in [0.15, 0.2) is 24.3 Å². The molecule has 2 N–H and O–H groups in total. The van der Waals surface area contributed by atoms with E-state index in [1.165, 1.54) is 26.0 Å². The van der Waals surface area contributed by atoms with Crippen LogP contribution in [0.5, 0.6) is 5.75 Å². The molecule has 0 aliphatic heterocycles. The predicted molar refractivity (Wildman–Crippen MR) is 146 cm³/mol. The lowest BCUT2D eigenvalue weighted by Gasteiger charge is -2.24. The minimum absolute atomic E-state index is 0.218. The zero-order valence-corrected chi connectivity index (χ0v) is 24.4. The summed E-state index contributed by atoms with van der Waals surface area (Å²) >= 11 is 1.34. The molecule has 11 heteroatoms. The smallest absolute Gasteiger partial charge is 0.408 e. The van der Waals surface area contributed by atoms with Gasteiger partial charge in [-0.3, -0.25) is 4.79 Å². The normalized spacial score (nSPS) is 13.6. The Kier molecular flexibility index (Phi) is 14.0. The van der Waals surface area contributed by atoms with Crippen molar-refractivity contribution in [2.45, 2.75) is 71.1 Å². The topological polar surface area (TPSA) is 129 Å². The van der Waals surface area contributed by atoms with Crippen LogP contribution in [-0.4, -0.2) is 74.5 Å². The third kappa shape index (κ3) is 12.1. The van der Waals surface area contributed by atoms with E-state index in [9.17, 15) is 19.2 Å². The maximum atomic E-state index is 13.3. The largest absolute Gasteiger partial charge is 0.497 e. The molecule has 0 heterocycles. The fraction of sp³-hybridized carbons (Fsp3) is 0.630. The van der Waals surface area contributed by atoms with Crippen molar-refractivity contribution in [3.8, 4) is 5.75 Å². The summed E-state index contributed by atoms with van der Waals surface area (Å²) in [5.74, 6) is -0.369. The summed E-state index contributed by atoms with van der Waals surface area (Å²) < 4.78 is 20.1. The van der Waals surface area contributed by atoms with Gasteiger partial charge in [0.05, 0.1) is 27.2 Å². The predicted octanol–water partition coefficient (Wildman–Crippen LogP) is 3.67. The lowest BCUT2D eigenvalue weighted by atomic mass is 9.89. The molecule has 10 nitrogen and oxygen atoms in total. The number of hydrogen-bond acceptors (Lipinski definition) is 9. The number of nitrogens with one attached hydrogen (secondary N) is 2. The lowest BCUT2D eigenvalue weighted by molar-refractivity contribution is -0.144. The van der Waals surface area contributed by atoms with Gasteiger partial charge in [0, 0.05) is 5.75 Å². The van der Waals surface area contributed by atoms with E-state index < -0.39 is 41.6 Å². The van der Waals surface area contributed by atoms with Crippen LogP contribution in [-0.2, 0) is 28.6 Å². The van der Waals surface area contributed by atoms with Crippen LogP contribution < -0.4 is 15.4 Å². The summed E-state index contributed by atoms with van der Waals surface area (Å²) in [6.07, 6.45) is 0.101. The number of carbonyl (C=O) groups excluding carboxylic acids is 4. The highest BCUT2D eigenvalue weighted by atomic mass is 32.2. The van der Waals surface area contributed by atoms with Crippen LogP contribution in [0.25, 0.3) is 0 Å².